The van der Waals surface area contributed by atoms with Gasteiger partial charge in [0.25, 0.3) is 0 Å². The second-order valence-electron chi connectivity index (χ2n) is 7.56. The van der Waals surface area contributed by atoms with Crippen molar-refractivity contribution in [2.45, 2.75) is 38.8 Å². The highest BCUT2D eigenvalue weighted by molar-refractivity contribution is 7.86. The molecule has 0 aliphatic carbocycles. The van der Waals surface area contributed by atoms with Gasteiger partial charge >= 0.3 is 16.1 Å². The third-order valence-electron chi connectivity index (χ3n) is 3.72. The largest absolute Gasteiger partial charge is 0.459 e. The van der Waals surface area contributed by atoms with Crippen molar-refractivity contribution < 1.29 is 22.1 Å². The van der Waals surface area contributed by atoms with Gasteiger partial charge in [0.05, 0.1) is 12.2 Å². The average molecular weight is 406 g/mol. The van der Waals surface area contributed by atoms with Gasteiger partial charge in [-0.25, -0.2) is 0 Å². The van der Waals surface area contributed by atoms with Gasteiger partial charge in [-0.2, -0.15) is 8.42 Å². The molecule has 0 saturated carbocycles. The van der Waals surface area contributed by atoms with Crippen molar-refractivity contribution in [3.05, 3.63) is 65.7 Å². The second kappa shape index (κ2) is 9.21. The number of ether oxygens (including phenoxy) is 1. The van der Waals surface area contributed by atoms with E-state index in [1.807, 2.05) is 51.1 Å². The van der Waals surface area contributed by atoms with Crippen LogP contribution < -0.4 is 9.50 Å². The summed E-state index contributed by atoms with van der Waals surface area (Å²) in [5.74, 6) is -0.827. The van der Waals surface area contributed by atoms with E-state index in [9.17, 15) is 13.2 Å². The van der Waals surface area contributed by atoms with Crippen LogP contribution in [0, 0.1) is 0 Å². The zero-order chi connectivity index (χ0) is 20.8. The van der Waals surface area contributed by atoms with Gasteiger partial charge in [0.2, 0.25) is 0 Å². The number of nitrogens with one attached hydrogen (secondary N) is 1. The van der Waals surface area contributed by atoms with Crippen LogP contribution in [0.25, 0.3) is 0 Å². The summed E-state index contributed by atoms with van der Waals surface area (Å²) in [6, 6.07) is 16.3. The molecule has 0 aliphatic heterocycles. The van der Waals surface area contributed by atoms with Crippen molar-refractivity contribution in [1.29, 1.82) is 0 Å². The van der Waals surface area contributed by atoms with Gasteiger partial charge < -0.3 is 14.2 Å². The molecule has 0 fully saturated rings. The van der Waals surface area contributed by atoms with E-state index in [0.29, 0.717) is 18.7 Å². The molecule has 0 saturated heterocycles. The minimum absolute atomic E-state index is 0.164. The van der Waals surface area contributed by atoms with Gasteiger partial charge in [0.15, 0.2) is 0 Å². The molecule has 0 radical (unpaired) electrons. The molecule has 0 amide bonds. The van der Waals surface area contributed by atoms with Crippen molar-refractivity contribution in [3.63, 3.8) is 0 Å². The molecule has 0 bridgehead atoms. The van der Waals surface area contributed by atoms with Crippen LogP contribution in [0.4, 0.5) is 0 Å². The topological polar surface area (TPSA) is 81.7 Å². The highest BCUT2D eigenvalue weighted by Crippen LogP contribution is 2.25. The fourth-order valence-corrected chi connectivity index (χ4v) is 3.08. The SMILES string of the molecule is CC(C)(C)OC(=O)C(CNCc1ccccc1)c1cccc(OS(C)(=O)=O)c1. The van der Waals surface area contributed by atoms with Crippen LogP contribution in [-0.4, -0.2) is 32.8 Å². The van der Waals surface area contributed by atoms with Crippen molar-refractivity contribution in [3.8, 4) is 5.75 Å². The molecule has 152 valence electrons. The molecule has 2 aromatic carbocycles. The predicted octanol–water partition coefficient (Wildman–Crippen LogP) is 3.24. The Hall–Kier alpha value is -2.38. The summed E-state index contributed by atoms with van der Waals surface area (Å²) in [7, 11) is -3.65. The first kappa shape index (κ1) is 21.9. The fourth-order valence-electron chi connectivity index (χ4n) is 2.62. The quantitative estimate of drug-likeness (QED) is 0.536. The average Bonchev–Trinajstić information content (AvgIpc) is 2.56. The maximum Gasteiger partial charge on any atom is 0.315 e. The summed E-state index contributed by atoms with van der Waals surface area (Å²) < 4.78 is 33.3. The van der Waals surface area contributed by atoms with Crippen LogP contribution in [0.5, 0.6) is 5.75 Å². The van der Waals surface area contributed by atoms with E-state index >= 15 is 0 Å². The molecule has 0 spiro atoms. The van der Waals surface area contributed by atoms with Gasteiger partial charge in [0.1, 0.15) is 11.4 Å². The first-order chi connectivity index (χ1) is 13.0. The van der Waals surface area contributed by atoms with Gasteiger partial charge in [-0.15, -0.1) is 0 Å². The number of esters is 1. The lowest BCUT2D eigenvalue weighted by atomic mass is 9.98. The van der Waals surface area contributed by atoms with Crippen molar-refractivity contribution in [2.75, 3.05) is 12.8 Å². The lowest BCUT2D eigenvalue weighted by Crippen LogP contribution is -2.33. The monoisotopic (exact) mass is 405 g/mol. The van der Waals surface area contributed by atoms with Gasteiger partial charge in [-0.05, 0) is 44.0 Å². The van der Waals surface area contributed by atoms with Gasteiger partial charge in [-0.1, -0.05) is 42.5 Å². The molecule has 2 aromatic rings. The molecule has 28 heavy (non-hydrogen) atoms. The number of hydrogen-bond donors (Lipinski definition) is 1. The molecule has 6 nitrogen and oxygen atoms in total. The minimum atomic E-state index is -3.65. The normalized spacial score (nSPS) is 13.0. The summed E-state index contributed by atoms with van der Waals surface area (Å²) in [6.45, 7) is 6.36. The highest BCUT2D eigenvalue weighted by Gasteiger charge is 2.27. The molecule has 0 aromatic heterocycles. The number of rotatable bonds is 8. The van der Waals surface area contributed by atoms with Crippen molar-refractivity contribution in [2.24, 2.45) is 0 Å². The third kappa shape index (κ3) is 7.70. The molecule has 0 aliphatic rings. The first-order valence-electron chi connectivity index (χ1n) is 9.00. The summed E-state index contributed by atoms with van der Waals surface area (Å²) in [5, 5.41) is 3.27. The molecule has 7 heteroatoms. The number of carbonyl (C=O) groups excluding carboxylic acids is 1. The van der Waals surface area contributed by atoms with E-state index in [1.54, 1.807) is 18.2 Å². The molecule has 1 unspecified atom stereocenters. The van der Waals surface area contributed by atoms with E-state index in [4.69, 9.17) is 8.92 Å². The number of benzene rings is 2. The Morgan fingerprint density at radius 2 is 1.75 bits per heavy atom. The van der Waals surface area contributed by atoms with Crippen LogP contribution in [0.1, 0.15) is 37.8 Å². The molecular formula is C21H27NO5S. The summed E-state index contributed by atoms with van der Waals surface area (Å²) in [4.78, 5) is 12.8. The van der Waals surface area contributed by atoms with E-state index in [1.165, 1.54) is 6.07 Å². The second-order valence-corrected chi connectivity index (χ2v) is 9.14. The van der Waals surface area contributed by atoms with E-state index < -0.39 is 21.6 Å². The van der Waals surface area contributed by atoms with E-state index in [2.05, 4.69) is 5.32 Å². The van der Waals surface area contributed by atoms with Gasteiger partial charge in [-0.3, -0.25) is 4.79 Å². The maximum absolute atomic E-state index is 12.8. The van der Waals surface area contributed by atoms with Crippen LogP contribution >= 0.6 is 0 Å². The Morgan fingerprint density at radius 3 is 2.36 bits per heavy atom. The Bertz CT molecular complexity index is 889. The zero-order valence-electron chi connectivity index (χ0n) is 16.6. The Balaban J connectivity index is 2.20. The number of carbonyl (C=O) groups is 1. The van der Waals surface area contributed by atoms with E-state index in [0.717, 1.165) is 11.8 Å². The molecular weight excluding hydrogens is 378 g/mol. The van der Waals surface area contributed by atoms with Crippen LogP contribution in [-0.2, 0) is 26.2 Å². The van der Waals surface area contributed by atoms with Crippen molar-refractivity contribution in [1.82, 2.24) is 5.32 Å². The van der Waals surface area contributed by atoms with E-state index in [-0.39, 0.29) is 11.7 Å². The lowest BCUT2D eigenvalue weighted by Gasteiger charge is -2.24. The lowest BCUT2D eigenvalue weighted by molar-refractivity contribution is -0.156. The zero-order valence-corrected chi connectivity index (χ0v) is 17.5. The first-order valence-corrected chi connectivity index (χ1v) is 10.8. The Morgan fingerprint density at radius 1 is 1.07 bits per heavy atom. The molecule has 1 atom stereocenters. The van der Waals surface area contributed by atoms with Crippen molar-refractivity contribution >= 4 is 16.1 Å². The van der Waals surface area contributed by atoms with Crippen LogP contribution in [0.15, 0.2) is 54.6 Å². The molecule has 1 N–H and O–H groups in total. The maximum atomic E-state index is 12.8. The van der Waals surface area contributed by atoms with Crippen LogP contribution in [0.3, 0.4) is 0 Å². The minimum Gasteiger partial charge on any atom is -0.459 e. The number of hydrogen-bond acceptors (Lipinski definition) is 6. The smallest absolute Gasteiger partial charge is 0.315 e. The molecule has 2 rings (SSSR count). The predicted molar refractivity (Wildman–Crippen MR) is 109 cm³/mol. The third-order valence-corrected chi connectivity index (χ3v) is 4.21. The van der Waals surface area contributed by atoms with Gasteiger partial charge in [0, 0.05) is 13.1 Å². The standard InChI is InChI=1S/C21H27NO5S/c1-21(2,3)26-20(23)19(15-22-14-16-9-6-5-7-10-16)17-11-8-12-18(13-17)27-28(4,24)25/h5-13,19,22H,14-15H2,1-4H3. The summed E-state index contributed by atoms with van der Waals surface area (Å²) >= 11 is 0. The fraction of sp³-hybridized carbons (Fsp3) is 0.381. The summed E-state index contributed by atoms with van der Waals surface area (Å²) in [5.41, 5.74) is 1.09. The Kier molecular flexibility index (Phi) is 7.21. The summed E-state index contributed by atoms with van der Waals surface area (Å²) in [6.07, 6.45) is 0.979. The molecule has 0 heterocycles. The highest BCUT2D eigenvalue weighted by atomic mass is 32.2. The van der Waals surface area contributed by atoms with Crippen LogP contribution in [0.2, 0.25) is 0 Å². The Labute approximate surface area is 167 Å².